The Morgan fingerprint density at radius 3 is 2.77 bits per heavy atom. The minimum Gasteiger partial charge on any atom is -0.316 e. The Labute approximate surface area is 78.3 Å². The van der Waals surface area contributed by atoms with E-state index in [-0.39, 0.29) is 5.82 Å². The normalized spacial score (nSPS) is 11.8. The van der Waals surface area contributed by atoms with Crippen molar-refractivity contribution < 1.29 is 4.39 Å². The minimum atomic E-state index is -0.169. The van der Waals surface area contributed by atoms with Crippen LogP contribution in [0.15, 0.2) is 29.8 Å². The minimum absolute atomic E-state index is 0.169. The molecule has 0 aromatic heterocycles. The van der Waals surface area contributed by atoms with Crippen molar-refractivity contribution in [2.24, 2.45) is 0 Å². The number of rotatable bonds is 3. The van der Waals surface area contributed by atoms with Crippen molar-refractivity contribution in [3.8, 4) is 0 Å². The summed E-state index contributed by atoms with van der Waals surface area (Å²) in [6.45, 7) is 2.76. The molecule has 0 radical (unpaired) electrons. The third-order valence-electron chi connectivity index (χ3n) is 1.76. The zero-order valence-corrected chi connectivity index (χ0v) is 7.97. The molecule has 0 spiro atoms. The lowest BCUT2D eigenvalue weighted by atomic mass is 10.1. The van der Waals surface area contributed by atoms with Crippen LogP contribution in [0.2, 0.25) is 0 Å². The van der Waals surface area contributed by atoms with E-state index in [0.29, 0.717) is 5.56 Å². The monoisotopic (exact) mass is 179 g/mol. The molecule has 1 N–H and O–H groups in total. The van der Waals surface area contributed by atoms with Gasteiger partial charge < -0.3 is 5.32 Å². The largest absolute Gasteiger partial charge is 0.316 e. The molecule has 1 aromatic carbocycles. The van der Waals surface area contributed by atoms with Crippen molar-refractivity contribution in [1.29, 1.82) is 0 Å². The van der Waals surface area contributed by atoms with Gasteiger partial charge in [0, 0.05) is 12.1 Å². The third kappa shape index (κ3) is 2.99. The predicted molar refractivity (Wildman–Crippen MR) is 54.0 cm³/mol. The number of halogens is 1. The van der Waals surface area contributed by atoms with Crippen LogP contribution in [0.4, 0.5) is 4.39 Å². The summed E-state index contributed by atoms with van der Waals surface area (Å²) >= 11 is 0. The average Bonchev–Trinajstić information content (AvgIpc) is 2.09. The van der Waals surface area contributed by atoms with Crippen LogP contribution in [0.5, 0.6) is 0 Å². The Morgan fingerprint density at radius 2 is 2.15 bits per heavy atom. The van der Waals surface area contributed by atoms with Crippen LogP contribution >= 0.6 is 0 Å². The van der Waals surface area contributed by atoms with Crippen LogP contribution in [0, 0.1) is 5.82 Å². The molecule has 0 fully saturated rings. The summed E-state index contributed by atoms with van der Waals surface area (Å²) in [7, 11) is 1.87. The van der Waals surface area contributed by atoms with E-state index in [4.69, 9.17) is 0 Å². The fourth-order valence-corrected chi connectivity index (χ4v) is 1.19. The van der Waals surface area contributed by atoms with Gasteiger partial charge in [-0.15, -0.1) is 0 Å². The highest BCUT2D eigenvalue weighted by atomic mass is 19.1. The molecule has 0 bridgehead atoms. The first kappa shape index (κ1) is 9.93. The van der Waals surface area contributed by atoms with E-state index < -0.39 is 0 Å². The fraction of sp³-hybridized carbons (Fsp3) is 0.273. The Kier molecular flexibility index (Phi) is 3.65. The summed E-state index contributed by atoms with van der Waals surface area (Å²) < 4.78 is 13.1. The van der Waals surface area contributed by atoms with Gasteiger partial charge in [-0.2, -0.15) is 0 Å². The SMILES string of the molecule is CNC/C(C)=C/c1ccccc1F. The van der Waals surface area contributed by atoms with Gasteiger partial charge in [0.15, 0.2) is 0 Å². The summed E-state index contributed by atoms with van der Waals surface area (Å²) in [4.78, 5) is 0. The highest BCUT2D eigenvalue weighted by Gasteiger charge is 1.96. The van der Waals surface area contributed by atoms with Crippen LogP contribution in [0.3, 0.4) is 0 Å². The van der Waals surface area contributed by atoms with E-state index in [1.807, 2.05) is 26.1 Å². The molecule has 0 aliphatic rings. The van der Waals surface area contributed by atoms with Crippen LogP contribution in [0.1, 0.15) is 12.5 Å². The van der Waals surface area contributed by atoms with Crippen LogP contribution in [-0.2, 0) is 0 Å². The first-order chi connectivity index (χ1) is 6.24. The molecule has 0 unspecified atom stereocenters. The summed E-state index contributed by atoms with van der Waals surface area (Å²) in [5, 5.41) is 3.02. The Bertz CT molecular complexity index is 305. The van der Waals surface area contributed by atoms with Gasteiger partial charge in [-0.25, -0.2) is 4.39 Å². The van der Waals surface area contributed by atoms with Gasteiger partial charge >= 0.3 is 0 Å². The van der Waals surface area contributed by atoms with E-state index in [1.54, 1.807) is 12.1 Å². The lowest BCUT2D eigenvalue weighted by Crippen LogP contribution is -2.08. The number of likely N-dealkylation sites (N-methyl/N-ethyl adjacent to an activating group) is 1. The molecule has 70 valence electrons. The van der Waals surface area contributed by atoms with Crippen LogP contribution in [0.25, 0.3) is 6.08 Å². The number of hydrogen-bond acceptors (Lipinski definition) is 1. The lowest BCUT2D eigenvalue weighted by Gasteiger charge is -2.00. The smallest absolute Gasteiger partial charge is 0.130 e. The molecule has 13 heavy (non-hydrogen) atoms. The molecule has 0 aliphatic heterocycles. The second-order valence-electron chi connectivity index (χ2n) is 3.04. The zero-order chi connectivity index (χ0) is 9.68. The van der Waals surface area contributed by atoms with E-state index in [2.05, 4.69) is 5.32 Å². The summed E-state index contributed by atoms with van der Waals surface area (Å²) in [6, 6.07) is 6.77. The topological polar surface area (TPSA) is 12.0 Å². The molecular weight excluding hydrogens is 165 g/mol. The van der Waals surface area contributed by atoms with Gasteiger partial charge in [0.25, 0.3) is 0 Å². The average molecular weight is 179 g/mol. The Balaban J connectivity index is 2.84. The van der Waals surface area contributed by atoms with Gasteiger partial charge in [-0.1, -0.05) is 29.8 Å². The Morgan fingerprint density at radius 1 is 1.46 bits per heavy atom. The van der Waals surface area contributed by atoms with Crippen molar-refractivity contribution in [1.82, 2.24) is 5.32 Å². The van der Waals surface area contributed by atoms with Gasteiger partial charge in [0.05, 0.1) is 0 Å². The van der Waals surface area contributed by atoms with Gasteiger partial charge in [-0.05, 0) is 20.0 Å². The highest BCUT2D eigenvalue weighted by Crippen LogP contribution is 2.10. The maximum atomic E-state index is 13.1. The second kappa shape index (κ2) is 4.77. The molecule has 0 amide bonds. The molecular formula is C11H14FN. The van der Waals surface area contributed by atoms with Gasteiger partial charge in [0.1, 0.15) is 5.82 Å². The molecule has 1 rings (SSSR count). The van der Waals surface area contributed by atoms with E-state index in [0.717, 1.165) is 12.1 Å². The number of hydrogen-bond donors (Lipinski definition) is 1. The van der Waals surface area contributed by atoms with E-state index in [9.17, 15) is 4.39 Å². The maximum absolute atomic E-state index is 13.1. The number of benzene rings is 1. The van der Waals surface area contributed by atoms with Gasteiger partial charge in [-0.3, -0.25) is 0 Å². The van der Waals surface area contributed by atoms with Crippen molar-refractivity contribution in [3.63, 3.8) is 0 Å². The summed E-state index contributed by atoms with van der Waals surface area (Å²) in [5.74, 6) is -0.169. The molecule has 0 atom stereocenters. The van der Waals surface area contributed by atoms with Crippen molar-refractivity contribution in [2.75, 3.05) is 13.6 Å². The molecule has 0 saturated heterocycles. The standard InChI is InChI=1S/C11H14FN/c1-9(8-13-2)7-10-5-3-4-6-11(10)12/h3-7,13H,8H2,1-2H3/b9-7+. The van der Waals surface area contributed by atoms with Crippen molar-refractivity contribution in [2.45, 2.75) is 6.92 Å². The second-order valence-corrected chi connectivity index (χ2v) is 3.04. The Hall–Kier alpha value is -1.15. The summed E-state index contributed by atoms with van der Waals surface area (Å²) in [6.07, 6.45) is 1.85. The van der Waals surface area contributed by atoms with Crippen LogP contribution in [-0.4, -0.2) is 13.6 Å². The number of nitrogens with one attached hydrogen (secondary N) is 1. The fourth-order valence-electron chi connectivity index (χ4n) is 1.19. The van der Waals surface area contributed by atoms with Crippen LogP contribution < -0.4 is 5.32 Å². The first-order valence-electron chi connectivity index (χ1n) is 4.30. The van der Waals surface area contributed by atoms with E-state index >= 15 is 0 Å². The molecule has 1 nitrogen and oxygen atoms in total. The van der Waals surface area contributed by atoms with Crippen molar-refractivity contribution in [3.05, 3.63) is 41.2 Å². The highest BCUT2D eigenvalue weighted by molar-refractivity contribution is 5.53. The van der Waals surface area contributed by atoms with Gasteiger partial charge in [0.2, 0.25) is 0 Å². The molecule has 0 heterocycles. The molecule has 1 aromatic rings. The predicted octanol–water partition coefficient (Wildman–Crippen LogP) is 2.45. The maximum Gasteiger partial charge on any atom is 0.130 e. The van der Waals surface area contributed by atoms with Crippen molar-refractivity contribution >= 4 is 6.08 Å². The molecule has 0 saturated carbocycles. The zero-order valence-electron chi connectivity index (χ0n) is 7.97. The van der Waals surface area contributed by atoms with E-state index in [1.165, 1.54) is 6.07 Å². The third-order valence-corrected chi connectivity index (χ3v) is 1.76. The lowest BCUT2D eigenvalue weighted by molar-refractivity contribution is 0.625. The first-order valence-corrected chi connectivity index (χ1v) is 4.30. The summed E-state index contributed by atoms with van der Waals surface area (Å²) in [5.41, 5.74) is 1.77. The molecule has 2 heteroatoms. The quantitative estimate of drug-likeness (QED) is 0.751. The molecule has 0 aliphatic carbocycles.